The summed E-state index contributed by atoms with van der Waals surface area (Å²) in [6, 6.07) is 5.88. The highest BCUT2D eigenvalue weighted by atomic mass is 32.1. The van der Waals surface area contributed by atoms with Crippen molar-refractivity contribution < 1.29 is 131 Å². The molecule has 132 heavy (non-hydrogen) atoms. The fraction of sp³-hybridized carbons (Fsp3) is 0.556. The molecule has 60 heteroatoms. The van der Waals surface area contributed by atoms with Gasteiger partial charge in [-0.3, -0.25) is 66.1 Å². The molecule has 16 heterocycles. The summed E-state index contributed by atoms with van der Waals surface area (Å²) in [6.07, 6.45) is -12.9. The molecule has 8 aromatic rings. The molecule has 18 N–H and O–H groups in total. The van der Waals surface area contributed by atoms with Crippen molar-refractivity contribution in [2.45, 2.75) is 199 Å². The monoisotopic (exact) mass is 2070 g/mol. The van der Waals surface area contributed by atoms with Crippen LogP contribution in [0, 0.1) is 70.5 Å². The number of aromatic nitrogens is 16. The van der Waals surface area contributed by atoms with Gasteiger partial charge in [0.2, 0.25) is 15.4 Å². The molecule has 8 aromatic heterocycles. The Bertz CT molecular complexity index is 5700. The molecule has 8 fully saturated rings. The number of halogens is 12. The molecule has 8 aliphatic rings. The Morgan fingerprint density at radius 2 is 0.598 bits per heavy atom. The first kappa shape index (κ1) is 108. The van der Waals surface area contributed by atoms with Gasteiger partial charge in [-0.05, 0) is 91.5 Å². The molecule has 0 aromatic carbocycles. The average molecular weight is 2070 g/mol. The minimum absolute atomic E-state index is 0.00366. The normalized spacial score (nSPS) is 29.0. The number of anilines is 2. The van der Waals surface area contributed by atoms with E-state index in [0.29, 0.717) is 9.41 Å². The molecule has 8 saturated heterocycles. The van der Waals surface area contributed by atoms with Crippen molar-refractivity contribution in [3.8, 4) is 0 Å². The van der Waals surface area contributed by atoms with Crippen molar-refractivity contribution in [3.05, 3.63) is 186 Å². The van der Waals surface area contributed by atoms with Crippen LogP contribution in [0.5, 0.6) is 0 Å². The third-order valence-electron chi connectivity index (χ3n) is 20.0. The Morgan fingerprint density at radius 1 is 0.318 bits per heavy atom. The highest BCUT2D eigenvalue weighted by Crippen LogP contribution is 2.38. The molecule has 8 unspecified atom stereocenters. The van der Waals surface area contributed by atoms with Gasteiger partial charge in [0, 0.05) is 94.6 Å². The largest absolute Gasteiger partial charge is 0.394 e. The standard InChI is InChI=1S/C9H11F2N3O2S.2C9H10F2N2O3S.C9H10F2N2O2S2.C9H12FN3O2S.2C9H11FN2O3S.C9H11FN2O2S2/c10-5-1-4(3-15)16-8(5)14-2-6(11)7(12)13-9(14)17;10-5-1-4(3-14)16-8(5)13-2-6(11)7(17)12-9(13)15;10-5-1-4(3-14)16-8(5)13-2-6(11)7(15)12-9(13)17;10-5-1-4(3-14)15-8(5)13-2-6(11)7(16)12-9(13)17;10-6-3-5(4-14)15-8(6)13-2-1-7(11)12-9(13)16;10-6-3-5(4-13)15-8(6)12-2-1-7(16)11-9(12)14;10-6-3-5(4-13)15-8(6)12-2-1-7(14)11-9(12)16;10-6-3-5(4-13)14-8(6)12-2-1-7(15)11-9(12)16/h2,4-5,8,15H,1,3H2,(H2,12,13,17);2*2,4-5,8,14H,1,3H2,(H,12,15,17);2,4-5,8,14H,1,3H2,(H,12,16,17);1-2,5-6,8,14H,3-4H2,(H2,11,12,16);2*1-2,5-6,8,13H,3-4H2,(H,11,14,16);1-2,5-6,8,13H,3-4H2,(H,11,15,16)/t4*4-,5?,8+;4*5-,6?,8+/m00000000/s1. The molecule has 0 saturated carbocycles. The van der Waals surface area contributed by atoms with E-state index in [1.165, 1.54) is 44.3 Å². The van der Waals surface area contributed by atoms with Gasteiger partial charge in [0.25, 0.3) is 11.1 Å². The first-order chi connectivity index (χ1) is 62.5. The summed E-state index contributed by atoms with van der Waals surface area (Å²) in [5, 5.41) is 71.0. The maximum atomic E-state index is 13.7. The number of rotatable bonds is 16. The number of nitrogen functional groups attached to an aromatic ring is 2. The topological polar surface area (TPSA) is 516 Å². The molecule has 0 bridgehead atoms. The summed E-state index contributed by atoms with van der Waals surface area (Å²) in [6.45, 7) is -2.13. The average Bonchev–Trinajstić information content (AvgIpc) is 1.31. The second kappa shape index (κ2) is 49.8. The maximum absolute atomic E-state index is 13.7. The summed E-state index contributed by atoms with van der Waals surface area (Å²) >= 11 is 48.4. The fourth-order valence-corrected chi connectivity index (χ4v) is 15.9. The molecule has 0 amide bonds. The van der Waals surface area contributed by atoms with Crippen molar-refractivity contribution in [2.24, 2.45) is 0 Å². The fourth-order valence-electron chi connectivity index (χ4n) is 13.6. The number of H-pyrrole nitrogens is 6. The molecule has 24 atom stereocenters. The zero-order chi connectivity index (χ0) is 97.1. The molecule has 0 radical (unpaired) electrons. The predicted molar refractivity (Wildman–Crippen MR) is 463 cm³/mol. The third-order valence-corrected chi connectivity index (χ3v) is 22.9. The first-order valence-electron chi connectivity index (χ1n) is 39.2. The van der Waals surface area contributed by atoms with Crippen LogP contribution in [0.25, 0.3) is 0 Å². The second-order valence-electron chi connectivity index (χ2n) is 29.4. The van der Waals surface area contributed by atoms with Crippen LogP contribution in [-0.4, -0.2) is 268 Å². The molecule has 0 aliphatic carbocycles. The van der Waals surface area contributed by atoms with Crippen LogP contribution in [0.2, 0.25) is 0 Å². The van der Waals surface area contributed by atoms with Crippen LogP contribution in [0.15, 0.2) is 93.0 Å². The van der Waals surface area contributed by atoms with Gasteiger partial charge in [0.1, 0.15) is 73.8 Å². The first-order valence-corrected chi connectivity index (χ1v) is 43.2. The molecule has 0 spiro atoms. The van der Waals surface area contributed by atoms with E-state index in [4.69, 9.17) is 188 Å². The molecule has 728 valence electrons. The summed E-state index contributed by atoms with van der Waals surface area (Å²) in [4.78, 5) is 66.4. The minimum atomic E-state index is -1.48. The van der Waals surface area contributed by atoms with Gasteiger partial charge in [-0.15, -0.1) is 0 Å². The van der Waals surface area contributed by atoms with Crippen LogP contribution in [-0.2, 0) is 37.9 Å². The Labute approximate surface area is 786 Å². The van der Waals surface area contributed by atoms with E-state index in [2.05, 4.69) is 64.3 Å². The maximum Gasteiger partial charge on any atom is 0.328 e. The molecule has 8 aliphatic heterocycles. The van der Waals surface area contributed by atoms with Gasteiger partial charge >= 0.3 is 11.4 Å². The summed E-state index contributed by atoms with van der Waals surface area (Å²) in [7, 11) is 0. The van der Waals surface area contributed by atoms with Crippen LogP contribution < -0.4 is 34.0 Å². The number of aromatic amines is 6. The number of nitrogens with two attached hydrogens (primary N) is 2. The number of ether oxygens (including phenoxy) is 8. The van der Waals surface area contributed by atoms with Crippen LogP contribution in [0.4, 0.5) is 64.3 Å². The summed E-state index contributed by atoms with van der Waals surface area (Å²) in [5.41, 5.74) is 8.12. The van der Waals surface area contributed by atoms with E-state index in [1.54, 1.807) is 18.5 Å². The molecular weight excluding hydrogens is 1990 g/mol. The van der Waals surface area contributed by atoms with E-state index in [1.807, 2.05) is 0 Å². The Hall–Kier alpha value is -7.84. The number of alkyl halides is 8. The lowest BCUT2D eigenvalue weighted by Crippen LogP contribution is -2.31. The lowest BCUT2D eigenvalue weighted by Gasteiger charge is -2.17. The molecular formula is C72H86F12N18O20S10. The number of aliphatic hydroxyl groups is 8. The predicted octanol–water partition coefficient (Wildman–Crippen LogP) is 8.06. The smallest absolute Gasteiger partial charge is 0.328 e. The lowest BCUT2D eigenvalue weighted by molar-refractivity contribution is -0.0398. The third kappa shape index (κ3) is 28.2. The number of nitrogens with one attached hydrogen (secondary N) is 6. The number of aliphatic hydroxyl groups excluding tert-OH is 8. The van der Waals surface area contributed by atoms with Gasteiger partial charge in [0.05, 0.1) is 114 Å². The van der Waals surface area contributed by atoms with Gasteiger partial charge in [-0.1, -0.05) is 48.9 Å². The lowest BCUT2D eigenvalue weighted by atomic mass is 10.2. The Balaban J connectivity index is 0.000000170. The van der Waals surface area contributed by atoms with E-state index in [0.717, 1.165) is 47.6 Å². The highest BCUT2D eigenvalue weighted by Gasteiger charge is 2.44. The molecule has 16 rings (SSSR count). The van der Waals surface area contributed by atoms with Crippen LogP contribution in [0.3, 0.4) is 0 Å². The zero-order valence-corrected chi connectivity index (χ0v) is 76.0. The molecule has 38 nitrogen and oxygen atoms in total. The summed E-state index contributed by atoms with van der Waals surface area (Å²) in [5.74, 6) is -3.44. The van der Waals surface area contributed by atoms with Crippen LogP contribution >= 0.6 is 122 Å². The number of hydrogen-bond donors (Lipinski definition) is 16. The van der Waals surface area contributed by atoms with Gasteiger partial charge in [-0.25, -0.2) is 62.9 Å². The van der Waals surface area contributed by atoms with Crippen molar-refractivity contribution in [1.29, 1.82) is 0 Å². The second-order valence-corrected chi connectivity index (χ2v) is 33.3. The SMILES string of the molecule is Nc1ccn([C@@H]2O[C@H](CO)CC2F)c(=S)n1.Nc1nc(=S)n([C@@H]2O[C@H](CO)CC2F)cc1F.O=c1[nH]c(=S)c(F)cn1[C@@H]1O[C@H](CO)CC1F.O=c1[nH]c(=S)ccn1[C@@H]1O[C@H](CO)CC1F.O=c1[nH]c(=S)n([C@@H]2O[C@H](CO)CC2F)cc1F.O=c1ccn([C@@H]2O[C@H](CO)CC2F)c(=S)[nH]1.OC[C@@H]1CC(F)[C@H](n2cc(F)c(=S)[nH]c2=S)O1.OC[C@@H]1CC(F)[C@H](n2ccc(=S)[nH]c2=S)O1. The highest BCUT2D eigenvalue weighted by molar-refractivity contribution is 7.73. The van der Waals surface area contributed by atoms with E-state index in [-0.39, 0.29) is 159 Å². The summed E-state index contributed by atoms with van der Waals surface area (Å²) < 4.78 is 214. The van der Waals surface area contributed by atoms with E-state index < -0.39 is 188 Å². The van der Waals surface area contributed by atoms with Gasteiger partial charge in [0.15, 0.2) is 92.2 Å². The Morgan fingerprint density at radius 3 is 0.970 bits per heavy atom. The van der Waals surface area contributed by atoms with Crippen molar-refractivity contribution in [1.82, 2.24) is 76.4 Å². The van der Waals surface area contributed by atoms with Gasteiger partial charge in [-0.2, -0.15) is 9.37 Å². The minimum Gasteiger partial charge on any atom is -0.394 e. The van der Waals surface area contributed by atoms with Crippen LogP contribution in [0.1, 0.15) is 101 Å². The van der Waals surface area contributed by atoms with E-state index in [9.17, 15) is 71.9 Å². The quantitative estimate of drug-likeness (QED) is 0.0321. The van der Waals surface area contributed by atoms with E-state index >= 15 is 0 Å². The number of hydrogen-bond acceptors (Lipinski definition) is 34. The zero-order valence-electron chi connectivity index (χ0n) is 67.8. The number of nitrogens with zero attached hydrogens (tertiary/aromatic N) is 10. The van der Waals surface area contributed by atoms with Crippen molar-refractivity contribution in [2.75, 3.05) is 64.3 Å². The van der Waals surface area contributed by atoms with Crippen molar-refractivity contribution >= 4 is 134 Å². The van der Waals surface area contributed by atoms with Gasteiger partial charge < -0.3 is 100 Å². The Kier molecular flexibility index (Phi) is 40.7. The van der Waals surface area contributed by atoms with Crippen molar-refractivity contribution in [3.63, 3.8) is 0 Å².